The zero-order chi connectivity index (χ0) is 11.7. The number of hydrogen-bond donors (Lipinski definition) is 0. The van der Waals surface area contributed by atoms with Crippen LogP contribution in [0.5, 0.6) is 5.75 Å². The van der Waals surface area contributed by atoms with Crippen LogP contribution in [0.1, 0.15) is 6.92 Å². The van der Waals surface area contributed by atoms with Gasteiger partial charge in [-0.2, -0.15) is 11.8 Å². The molecule has 0 aliphatic rings. The number of benzene rings is 1. The van der Waals surface area contributed by atoms with Crippen LogP contribution in [-0.2, 0) is 12.6 Å². The van der Waals surface area contributed by atoms with E-state index in [2.05, 4.69) is 30.5 Å². The second-order valence-electron chi connectivity index (χ2n) is 2.99. The van der Waals surface area contributed by atoms with Crippen molar-refractivity contribution in [1.29, 1.82) is 0 Å². The van der Waals surface area contributed by atoms with Crippen molar-refractivity contribution in [3.63, 3.8) is 0 Å². The quantitative estimate of drug-likeness (QED) is 0.628. The molecule has 0 fully saturated rings. The standard InChI is InChI=1S/C8H10GeO.C3H8NS/c1-9-7-3-5-8(10-2)6-4-7;1-3(5)2-4/h3-6H,1-2H3;3-5H,2H2,1H3/q;-1/p-1. The molecule has 2 radical (unpaired) electrons. The summed E-state index contributed by atoms with van der Waals surface area (Å²) in [4.78, 5) is 0. The molecule has 0 saturated carbocycles. The molecule has 84 valence electrons. The van der Waals surface area contributed by atoms with E-state index in [-0.39, 0.29) is 20.7 Å². The zero-order valence-corrected chi connectivity index (χ0v) is 12.3. The van der Waals surface area contributed by atoms with E-state index in [9.17, 15) is 0 Å². The molecule has 0 spiro atoms. The molecule has 1 rings (SSSR count). The summed E-state index contributed by atoms with van der Waals surface area (Å²) in [5.74, 6) is 3.21. The van der Waals surface area contributed by atoms with Gasteiger partial charge in [0, 0.05) is 0 Å². The Morgan fingerprint density at radius 2 is 1.87 bits per heavy atom. The average molecular weight is 284 g/mol. The molecular formula is C11H17GeNOS-2. The predicted octanol–water partition coefficient (Wildman–Crippen LogP) is 2.05. The fourth-order valence-corrected chi connectivity index (χ4v) is 1.81. The molecule has 1 atom stereocenters. The first-order chi connectivity index (χ1) is 7.13. The number of hydrogen-bond acceptors (Lipinski definition) is 2. The Hall–Kier alpha value is -0.127. The minimum absolute atomic E-state index is 0.120. The van der Waals surface area contributed by atoms with E-state index in [1.54, 1.807) is 7.11 Å². The van der Waals surface area contributed by atoms with E-state index in [1.807, 2.05) is 19.1 Å². The van der Waals surface area contributed by atoms with Gasteiger partial charge in [0.2, 0.25) is 0 Å². The van der Waals surface area contributed by atoms with Crippen LogP contribution in [0, 0.1) is 0 Å². The van der Waals surface area contributed by atoms with E-state index < -0.39 is 0 Å². The third-order valence-electron chi connectivity index (χ3n) is 1.67. The fraction of sp³-hybridized carbons (Fsp3) is 0.455. The predicted molar refractivity (Wildman–Crippen MR) is 70.3 cm³/mol. The van der Waals surface area contributed by atoms with Gasteiger partial charge in [0.25, 0.3) is 0 Å². The van der Waals surface area contributed by atoms with Crippen molar-refractivity contribution in [3.05, 3.63) is 30.0 Å². The second kappa shape index (κ2) is 9.12. The maximum absolute atomic E-state index is 6.55. The zero-order valence-electron chi connectivity index (χ0n) is 9.41. The van der Waals surface area contributed by atoms with E-state index in [0.717, 1.165) is 5.75 Å². The van der Waals surface area contributed by atoms with Gasteiger partial charge in [-0.3, -0.25) is 0 Å². The van der Waals surface area contributed by atoms with Gasteiger partial charge in [-0.05, 0) is 0 Å². The average Bonchev–Trinajstić information content (AvgIpc) is 2.30. The van der Waals surface area contributed by atoms with Crippen molar-refractivity contribution in [3.8, 4) is 5.75 Å². The summed E-state index contributed by atoms with van der Waals surface area (Å²) in [6.45, 7) is 2.22. The first-order valence-electron chi connectivity index (χ1n) is 4.76. The van der Waals surface area contributed by atoms with E-state index in [4.69, 9.17) is 10.5 Å². The molecule has 0 bridgehead atoms. The maximum atomic E-state index is 6.55. The normalized spacial score (nSPS) is 11.3. The van der Waals surface area contributed by atoms with Crippen molar-refractivity contribution < 1.29 is 4.74 Å². The number of methoxy groups -OCH3 is 1. The Kier molecular flexibility index (Phi) is 9.05. The molecule has 1 aromatic carbocycles. The summed E-state index contributed by atoms with van der Waals surface area (Å²) >= 11 is 4.71. The summed E-state index contributed by atoms with van der Waals surface area (Å²) < 4.78 is 6.50. The molecular weight excluding hydrogens is 267 g/mol. The van der Waals surface area contributed by atoms with Gasteiger partial charge in [-0.1, -0.05) is 6.92 Å². The summed E-state index contributed by atoms with van der Waals surface area (Å²) in [5.41, 5.74) is 6.55. The molecule has 1 aromatic rings. The molecule has 1 N–H and O–H groups in total. The summed E-state index contributed by atoms with van der Waals surface area (Å²) in [5, 5.41) is 0.134. The molecule has 0 amide bonds. The van der Waals surface area contributed by atoms with Crippen LogP contribution in [-0.4, -0.2) is 34.3 Å². The first kappa shape index (κ1) is 14.9. The first-order valence-corrected chi connectivity index (χ1v) is 8.38. The third-order valence-corrected chi connectivity index (χ3v) is 3.74. The molecule has 0 saturated heterocycles. The van der Waals surface area contributed by atoms with Crippen LogP contribution < -0.4 is 9.13 Å². The topological polar surface area (TPSA) is 33.0 Å². The molecule has 1 unspecified atom stereocenters. The molecule has 4 heteroatoms. The van der Waals surface area contributed by atoms with Gasteiger partial charge in [0.15, 0.2) is 0 Å². The summed E-state index contributed by atoms with van der Waals surface area (Å²) in [6.07, 6.45) is 0. The SMILES string of the molecule is CC([S-])C[NH-].COc1cc[c]([Ge][CH3])cc1. The van der Waals surface area contributed by atoms with E-state index in [1.165, 1.54) is 4.40 Å². The number of ether oxygens (including phenoxy) is 1. The van der Waals surface area contributed by atoms with Crippen LogP contribution >= 0.6 is 0 Å². The van der Waals surface area contributed by atoms with Crippen LogP contribution in [0.15, 0.2) is 24.3 Å². The fourth-order valence-electron chi connectivity index (χ4n) is 0.758. The minimum atomic E-state index is 0.120. The van der Waals surface area contributed by atoms with Crippen molar-refractivity contribution in [1.82, 2.24) is 0 Å². The van der Waals surface area contributed by atoms with Gasteiger partial charge in [0.1, 0.15) is 0 Å². The Bertz CT molecular complexity index is 228. The molecule has 15 heavy (non-hydrogen) atoms. The molecule has 0 aliphatic heterocycles. The van der Waals surface area contributed by atoms with Gasteiger partial charge in [0.05, 0.1) is 0 Å². The third kappa shape index (κ3) is 7.76. The molecule has 0 aliphatic carbocycles. The summed E-state index contributed by atoms with van der Waals surface area (Å²) in [7, 11) is 1.69. The molecule has 0 heterocycles. The van der Waals surface area contributed by atoms with Gasteiger partial charge in [-0.15, -0.1) is 0 Å². The van der Waals surface area contributed by atoms with Crippen LogP contribution in [0.4, 0.5) is 0 Å². The number of rotatable bonds is 3. The Morgan fingerprint density at radius 3 is 2.13 bits per heavy atom. The van der Waals surface area contributed by atoms with Gasteiger partial charge in [-0.25, -0.2) is 0 Å². The summed E-state index contributed by atoms with van der Waals surface area (Å²) in [6, 6.07) is 8.31. The second-order valence-corrected chi connectivity index (χ2v) is 6.06. The Labute approximate surface area is 104 Å². The van der Waals surface area contributed by atoms with E-state index in [0.29, 0.717) is 6.54 Å². The van der Waals surface area contributed by atoms with Gasteiger partial charge < -0.3 is 18.4 Å². The van der Waals surface area contributed by atoms with Crippen LogP contribution in [0.3, 0.4) is 0 Å². The van der Waals surface area contributed by atoms with Crippen molar-refractivity contribution in [2.24, 2.45) is 0 Å². The monoisotopic (exact) mass is 285 g/mol. The molecule has 0 aromatic heterocycles. The van der Waals surface area contributed by atoms with E-state index >= 15 is 0 Å². The Balaban J connectivity index is 0.000000336. The van der Waals surface area contributed by atoms with Crippen LogP contribution in [0.25, 0.3) is 5.73 Å². The van der Waals surface area contributed by atoms with Crippen molar-refractivity contribution in [2.45, 2.75) is 17.9 Å². The van der Waals surface area contributed by atoms with Crippen molar-refractivity contribution >= 4 is 32.5 Å². The Morgan fingerprint density at radius 1 is 1.40 bits per heavy atom. The number of nitrogens with one attached hydrogen (secondary N) is 1. The van der Waals surface area contributed by atoms with Crippen LogP contribution in [0.2, 0.25) is 5.76 Å². The van der Waals surface area contributed by atoms with Crippen molar-refractivity contribution in [2.75, 3.05) is 13.7 Å². The molecule has 2 nitrogen and oxygen atoms in total. The van der Waals surface area contributed by atoms with Gasteiger partial charge >= 0.3 is 67.4 Å².